The van der Waals surface area contributed by atoms with Crippen LogP contribution in [0.15, 0.2) is 22.7 Å². The van der Waals surface area contributed by atoms with E-state index in [-0.39, 0.29) is 5.82 Å². The van der Waals surface area contributed by atoms with Gasteiger partial charge in [0.15, 0.2) is 0 Å². The number of nitrogen functional groups attached to an aromatic ring is 1. The van der Waals surface area contributed by atoms with Crippen LogP contribution in [0, 0.1) is 16.3 Å². The Labute approximate surface area is 121 Å². The zero-order valence-electron chi connectivity index (χ0n) is 10.0. The molecule has 3 aromatic rings. The topological polar surface area (TPSA) is 69.9 Å². The SMILES string of the molecule is Cc1cc(Cn2c(N)nc3cc(I)c(F)cc32)no1. The number of aromatic nitrogens is 3. The van der Waals surface area contributed by atoms with E-state index in [1.165, 1.54) is 6.07 Å². The van der Waals surface area contributed by atoms with Crippen molar-refractivity contribution < 1.29 is 8.91 Å². The van der Waals surface area contributed by atoms with Gasteiger partial charge in [-0.15, -0.1) is 0 Å². The molecule has 0 aliphatic rings. The van der Waals surface area contributed by atoms with Crippen LogP contribution < -0.4 is 5.73 Å². The van der Waals surface area contributed by atoms with Gasteiger partial charge in [-0.2, -0.15) is 0 Å². The minimum atomic E-state index is -0.286. The molecule has 7 heteroatoms. The predicted molar refractivity (Wildman–Crippen MR) is 77.2 cm³/mol. The molecule has 0 spiro atoms. The molecule has 2 heterocycles. The van der Waals surface area contributed by atoms with E-state index in [1.54, 1.807) is 10.6 Å². The molecule has 19 heavy (non-hydrogen) atoms. The largest absolute Gasteiger partial charge is 0.369 e. The maximum Gasteiger partial charge on any atom is 0.201 e. The number of rotatable bonds is 2. The summed E-state index contributed by atoms with van der Waals surface area (Å²) in [5, 5.41) is 3.90. The molecule has 0 atom stereocenters. The molecule has 0 bridgehead atoms. The molecule has 0 aliphatic heterocycles. The number of nitrogens with two attached hydrogens (primary N) is 1. The molecule has 0 aliphatic carbocycles. The molecule has 2 N–H and O–H groups in total. The molecule has 0 unspecified atom stereocenters. The summed E-state index contributed by atoms with van der Waals surface area (Å²) >= 11 is 1.93. The normalized spacial score (nSPS) is 11.3. The maximum atomic E-state index is 13.7. The first kappa shape index (κ1) is 12.4. The molecular weight excluding hydrogens is 362 g/mol. The van der Waals surface area contributed by atoms with Gasteiger partial charge in [-0.05, 0) is 35.6 Å². The lowest BCUT2D eigenvalue weighted by Crippen LogP contribution is -2.04. The van der Waals surface area contributed by atoms with Crippen molar-refractivity contribution in [2.75, 3.05) is 5.73 Å². The van der Waals surface area contributed by atoms with Gasteiger partial charge >= 0.3 is 0 Å². The van der Waals surface area contributed by atoms with E-state index in [1.807, 2.05) is 35.6 Å². The fourth-order valence-corrected chi connectivity index (χ4v) is 2.41. The summed E-state index contributed by atoms with van der Waals surface area (Å²) in [7, 11) is 0. The van der Waals surface area contributed by atoms with Gasteiger partial charge < -0.3 is 14.8 Å². The highest BCUT2D eigenvalue weighted by atomic mass is 127. The highest BCUT2D eigenvalue weighted by Gasteiger charge is 2.13. The maximum absolute atomic E-state index is 13.7. The van der Waals surface area contributed by atoms with Crippen LogP contribution in [-0.4, -0.2) is 14.7 Å². The summed E-state index contributed by atoms with van der Waals surface area (Å²) in [6, 6.07) is 4.92. The predicted octanol–water partition coefficient (Wildman–Crippen LogP) is 2.71. The zero-order valence-corrected chi connectivity index (χ0v) is 12.2. The number of hydrogen-bond donors (Lipinski definition) is 1. The van der Waals surface area contributed by atoms with Crippen molar-refractivity contribution in [3.63, 3.8) is 0 Å². The number of halogens is 2. The molecule has 1 aromatic carbocycles. The molecular formula is C12H10FIN4O. The first-order chi connectivity index (χ1) is 9.04. The van der Waals surface area contributed by atoms with Crippen LogP contribution in [0.1, 0.15) is 11.5 Å². The summed E-state index contributed by atoms with van der Waals surface area (Å²) in [6.45, 7) is 2.22. The van der Waals surface area contributed by atoms with Gasteiger partial charge in [0.1, 0.15) is 17.3 Å². The van der Waals surface area contributed by atoms with Crippen molar-refractivity contribution in [1.29, 1.82) is 0 Å². The number of benzene rings is 1. The van der Waals surface area contributed by atoms with E-state index in [2.05, 4.69) is 10.1 Å². The van der Waals surface area contributed by atoms with Crippen LogP contribution in [0.4, 0.5) is 10.3 Å². The van der Waals surface area contributed by atoms with Gasteiger partial charge in [-0.1, -0.05) is 5.16 Å². The number of aryl methyl sites for hydroxylation is 1. The quantitative estimate of drug-likeness (QED) is 0.703. The van der Waals surface area contributed by atoms with E-state index in [0.29, 0.717) is 27.1 Å². The molecule has 3 rings (SSSR count). The number of anilines is 1. The average molecular weight is 372 g/mol. The summed E-state index contributed by atoms with van der Waals surface area (Å²) in [5.41, 5.74) is 7.92. The molecule has 5 nitrogen and oxygen atoms in total. The zero-order chi connectivity index (χ0) is 13.6. The second-order valence-electron chi connectivity index (χ2n) is 4.24. The molecule has 0 saturated carbocycles. The van der Waals surface area contributed by atoms with Gasteiger partial charge in [0, 0.05) is 12.1 Å². The van der Waals surface area contributed by atoms with Crippen molar-refractivity contribution >= 4 is 39.6 Å². The Kier molecular flexibility index (Phi) is 2.92. The third-order valence-electron chi connectivity index (χ3n) is 2.82. The number of imidazole rings is 1. The Balaban J connectivity index is 2.12. The number of hydrogen-bond acceptors (Lipinski definition) is 4. The highest BCUT2D eigenvalue weighted by molar-refractivity contribution is 14.1. The summed E-state index contributed by atoms with van der Waals surface area (Å²) in [4.78, 5) is 4.23. The summed E-state index contributed by atoms with van der Waals surface area (Å²) < 4.78 is 20.9. The molecule has 0 radical (unpaired) electrons. The lowest BCUT2D eigenvalue weighted by atomic mass is 10.3. The van der Waals surface area contributed by atoms with Gasteiger partial charge in [-0.3, -0.25) is 0 Å². The minimum absolute atomic E-state index is 0.286. The van der Waals surface area contributed by atoms with Gasteiger partial charge in [0.2, 0.25) is 5.95 Å². The standard InChI is InChI=1S/C12H10FIN4O/c1-6-2-7(17-19-6)5-18-11-3-8(13)9(14)4-10(11)16-12(18)15/h2-4H,5H2,1H3,(H2,15,16). The van der Waals surface area contributed by atoms with Crippen LogP contribution in [0.3, 0.4) is 0 Å². The van der Waals surface area contributed by atoms with E-state index in [4.69, 9.17) is 10.3 Å². The summed E-state index contributed by atoms with van der Waals surface area (Å²) in [5.74, 6) is 0.765. The second kappa shape index (κ2) is 4.48. The minimum Gasteiger partial charge on any atom is -0.369 e. The summed E-state index contributed by atoms with van der Waals surface area (Å²) in [6.07, 6.45) is 0. The van der Waals surface area contributed by atoms with E-state index in [9.17, 15) is 4.39 Å². The van der Waals surface area contributed by atoms with Gasteiger partial charge in [-0.25, -0.2) is 9.37 Å². The van der Waals surface area contributed by atoms with Crippen molar-refractivity contribution in [2.45, 2.75) is 13.5 Å². The molecule has 0 amide bonds. The highest BCUT2D eigenvalue weighted by Crippen LogP contribution is 2.23. The monoisotopic (exact) mass is 372 g/mol. The van der Waals surface area contributed by atoms with Crippen molar-refractivity contribution in [3.05, 3.63) is 39.0 Å². The van der Waals surface area contributed by atoms with Crippen molar-refractivity contribution in [1.82, 2.24) is 14.7 Å². The Morgan fingerprint density at radius 3 is 2.89 bits per heavy atom. The molecule has 2 aromatic heterocycles. The first-order valence-electron chi connectivity index (χ1n) is 5.57. The van der Waals surface area contributed by atoms with E-state index in [0.717, 1.165) is 11.5 Å². The van der Waals surface area contributed by atoms with Crippen LogP contribution in [0.5, 0.6) is 0 Å². The number of fused-ring (bicyclic) bond motifs is 1. The van der Waals surface area contributed by atoms with Crippen LogP contribution >= 0.6 is 22.6 Å². The fraction of sp³-hybridized carbons (Fsp3) is 0.167. The van der Waals surface area contributed by atoms with Crippen LogP contribution in [0.2, 0.25) is 0 Å². The first-order valence-corrected chi connectivity index (χ1v) is 6.65. The fourth-order valence-electron chi connectivity index (χ4n) is 1.96. The third kappa shape index (κ3) is 2.18. The smallest absolute Gasteiger partial charge is 0.201 e. The average Bonchev–Trinajstić information content (AvgIpc) is 2.87. The Morgan fingerprint density at radius 2 is 2.21 bits per heavy atom. The van der Waals surface area contributed by atoms with E-state index < -0.39 is 0 Å². The van der Waals surface area contributed by atoms with Crippen LogP contribution in [0.25, 0.3) is 11.0 Å². The molecule has 0 fully saturated rings. The number of nitrogens with zero attached hydrogens (tertiary/aromatic N) is 3. The van der Waals surface area contributed by atoms with E-state index >= 15 is 0 Å². The Morgan fingerprint density at radius 1 is 1.42 bits per heavy atom. The van der Waals surface area contributed by atoms with Gasteiger partial charge in [0.25, 0.3) is 0 Å². The lowest BCUT2D eigenvalue weighted by molar-refractivity contribution is 0.389. The molecule has 0 saturated heterocycles. The van der Waals surface area contributed by atoms with Gasteiger partial charge in [0.05, 0.1) is 21.1 Å². The van der Waals surface area contributed by atoms with Crippen molar-refractivity contribution in [3.8, 4) is 0 Å². The third-order valence-corrected chi connectivity index (χ3v) is 3.64. The Hall–Kier alpha value is -1.64. The second-order valence-corrected chi connectivity index (χ2v) is 5.40. The lowest BCUT2D eigenvalue weighted by Gasteiger charge is -2.03. The molecule has 98 valence electrons. The Bertz CT molecular complexity index is 765. The van der Waals surface area contributed by atoms with Crippen molar-refractivity contribution in [2.24, 2.45) is 0 Å². The van der Waals surface area contributed by atoms with Crippen LogP contribution in [-0.2, 0) is 6.54 Å².